The van der Waals surface area contributed by atoms with Crippen LogP contribution in [0.2, 0.25) is 0 Å². The highest BCUT2D eigenvalue weighted by Gasteiger charge is 2.40. The zero-order valence-corrected chi connectivity index (χ0v) is 14.8. The van der Waals surface area contributed by atoms with Gasteiger partial charge in [-0.15, -0.1) is 0 Å². The maximum atomic E-state index is 12.9. The van der Waals surface area contributed by atoms with Crippen LogP contribution in [0.3, 0.4) is 0 Å². The van der Waals surface area contributed by atoms with Crippen molar-refractivity contribution in [1.29, 1.82) is 0 Å². The first-order valence-electron chi connectivity index (χ1n) is 9.55. The quantitative estimate of drug-likeness (QED) is 0.890. The fraction of sp³-hybridized carbons (Fsp3) is 0.650. The molecule has 136 valence electrons. The van der Waals surface area contributed by atoms with Gasteiger partial charge in [0, 0.05) is 18.6 Å². The number of fused-ring (bicyclic) bond motifs is 1. The summed E-state index contributed by atoms with van der Waals surface area (Å²) in [6.45, 7) is 3.62. The molecule has 1 unspecified atom stereocenters. The molecule has 0 aromatic heterocycles. The van der Waals surface area contributed by atoms with E-state index in [9.17, 15) is 9.90 Å². The summed E-state index contributed by atoms with van der Waals surface area (Å²) in [6, 6.07) is 7.75. The van der Waals surface area contributed by atoms with Gasteiger partial charge in [0.05, 0.1) is 18.8 Å². The van der Waals surface area contributed by atoms with E-state index in [-0.39, 0.29) is 17.9 Å². The molecule has 2 heterocycles. The predicted octanol–water partition coefficient (Wildman–Crippen LogP) is 2.29. The van der Waals surface area contributed by atoms with Crippen LogP contribution in [0, 0.1) is 11.3 Å². The van der Waals surface area contributed by atoms with Crippen LogP contribution in [-0.2, 0) is 4.79 Å². The Labute approximate surface area is 149 Å². The molecule has 1 aliphatic carbocycles. The zero-order valence-electron chi connectivity index (χ0n) is 14.8. The Bertz CT molecular complexity index is 631. The van der Waals surface area contributed by atoms with Crippen molar-refractivity contribution in [3.8, 4) is 5.75 Å². The number of likely N-dealkylation sites (tertiary alicyclic amines) is 1. The van der Waals surface area contributed by atoms with E-state index in [2.05, 4.69) is 4.90 Å². The van der Waals surface area contributed by atoms with Crippen molar-refractivity contribution in [1.82, 2.24) is 4.90 Å². The van der Waals surface area contributed by atoms with Gasteiger partial charge in [0.15, 0.2) is 0 Å². The predicted molar refractivity (Wildman–Crippen MR) is 96.8 cm³/mol. The van der Waals surface area contributed by atoms with Gasteiger partial charge in [0.1, 0.15) is 12.4 Å². The van der Waals surface area contributed by atoms with Crippen molar-refractivity contribution in [3.05, 3.63) is 24.3 Å². The van der Waals surface area contributed by atoms with Crippen molar-refractivity contribution in [2.75, 3.05) is 44.3 Å². The molecule has 1 saturated carbocycles. The number of hydrogen-bond acceptors (Lipinski definition) is 4. The molecule has 0 spiro atoms. The number of hydrogen-bond donors (Lipinski definition) is 1. The number of aliphatic hydroxyl groups is 1. The lowest BCUT2D eigenvalue weighted by molar-refractivity contribution is -0.121. The van der Waals surface area contributed by atoms with Crippen LogP contribution in [-0.4, -0.2) is 55.3 Å². The molecule has 5 heteroatoms. The lowest BCUT2D eigenvalue weighted by Gasteiger charge is -2.42. The third-order valence-electron chi connectivity index (χ3n) is 5.88. The molecule has 1 amide bonds. The van der Waals surface area contributed by atoms with E-state index in [1.807, 2.05) is 29.2 Å². The summed E-state index contributed by atoms with van der Waals surface area (Å²) in [5.41, 5.74) is 0.880. The third kappa shape index (κ3) is 3.67. The summed E-state index contributed by atoms with van der Waals surface area (Å²) >= 11 is 0. The van der Waals surface area contributed by atoms with Gasteiger partial charge in [-0.2, -0.15) is 0 Å². The van der Waals surface area contributed by atoms with Crippen LogP contribution < -0.4 is 9.64 Å². The van der Waals surface area contributed by atoms with Crippen molar-refractivity contribution in [3.63, 3.8) is 0 Å². The van der Waals surface area contributed by atoms with Crippen LogP contribution >= 0.6 is 0 Å². The van der Waals surface area contributed by atoms with Gasteiger partial charge < -0.3 is 14.7 Å². The molecule has 0 bridgehead atoms. The van der Waals surface area contributed by atoms with Gasteiger partial charge in [-0.1, -0.05) is 25.0 Å². The number of aliphatic hydroxyl groups excluding tert-OH is 1. The topological polar surface area (TPSA) is 53.0 Å². The molecule has 0 radical (unpaired) electrons. The molecule has 1 N–H and O–H groups in total. The highest BCUT2D eigenvalue weighted by atomic mass is 16.5. The van der Waals surface area contributed by atoms with Crippen LogP contribution in [0.1, 0.15) is 32.1 Å². The Morgan fingerprint density at radius 2 is 2.12 bits per heavy atom. The van der Waals surface area contributed by atoms with Crippen molar-refractivity contribution >= 4 is 11.6 Å². The first-order chi connectivity index (χ1) is 12.2. The summed E-state index contributed by atoms with van der Waals surface area (Å²) in [7, 11) is 0. The number of amides is 1. The summed E-state index contributed by atoms with van der Waals surface area (Å²) in [4.78, 5) is 17.0. The normalized spacial score (nSPS) is 26.8. The number of carbonyl (C=O) groups is 1. The second-order valence-corrected chi connectivity index (χ2v) is 7.98. The van der Waals surface area contributed by atoms with Gasteiger partial charge in [0.25, 0.3) is 0 Å². The standard InChI is InChI=1S/C20H28N2O3/c23-15-20(12-16-6-7-16)8-3-9-21(14-20)13-19(24)22-10-11-25-18-5-2-1-4-17(18)22/h1-2,4-5,16,23H,3,6-15H2. The summed E-state index contributed by atoms with van der Waals surface area (Å²) < 4.78 is 5.65. The SMILES string of the molecule is O=C(CN1CCCC(CO)(CC2CC2)C1)N1CCOc2ccccc21. The fourth-order valence-corrected chi connectivity index (χ4v) is 4.44. The maximum Gasteiger partial charge on any atom is 0.241 e. The number of ether oxygens (including phenoxy) is 1. The number of anilines is 1. The lowest BCUT2D eigenvalue weighted by Crippen LogP contribution is -2.50. The van der Waals surface area contributed by atoms with E-state index >= 15 is 0 Å². The van der Waals surface area contributed by atoms with Crippen LogP contribution in [0.15, 0.2) is 24.3 Å². The smallest absolute Gasteiger partial charge is 0.241 e. The van der Waals surface area contributed by atoms with Gasteiger partial charge in [-0.05, 0) is 43.9 Å². The minimum absolute atomic E-state index is 0.00259. The Hall–Kier alpha value is -1.59. The molecule has 1 saturated heterocycles. The molecule has 1 aromatic carbocycles. The maximum absolute atomic E-state index is 12.9. The molecule has 2 fully saturated rings. The van der Waals surface area contributed by atoms with E-state index in [1.165, 1.54) is 12.8 Å². The molecular formula is C20H28N2O3. The van der Waals surface area contributed by atoms with Gasteiger partial charge in [-0.3, -0.25) is 9.69 Å². The summed E-state index contributed by atoms with van der Waals surface area (Å²) in [5.74, 6) is 1.73. The molecule has 1 aromatic rings. The first-order valence-corrected chi connectivity index (χ1v) is 9.55. The number of para-hydroxylation sites is 2. The minimum Gasteiger partial charge on any atom is -0.490 e. The van der Waals surface area contributed by atoms with Crippen molar-refractivity contribution in [2.24, 2.45) is 11.3 Å². The van der Waals surface area contributed by atoms with Crippen LogP contribution in [0.25, 0.3) is 0 Å². The molecule has 2 aliphatic heterocycles. The van der Waals surface area contributed by atoms with Crippen LogP contribution in [0.4, 0.5) is 5.69 Å². The first kappa shape index (κ1) is 16.9. The Morgan fingerprint density at radius 1 is 1.28 bits per heavy atom. The summed E-state index contributed by atoms with van der Waals surface area (Å²) in [5, 5.41) is 10.0. The average molecular weight is 344 g/mol. The van der Waals surface area contributed by atoms with Crippen LogP contribution in [0.5, 0.6) is 5.75 Å². The van der Waals surface area contributed by atoms with Gasteiger partial charge >= 0.3 is 0 Å². The molecule has 4 rings (SSSR count). The van der Waals surface area contributed by atoms with E-state index in [0.717, 1.165) is 49.7 Å². The zero-order chi connectivity index (χ0) is 17.3. The fourth-order valence-electron chi connectivity index (χ4n) is 4.44. The highest BCUT2D eigenvalue weighted by molar-refractivity contribution is 5.96. The number of piperidine rings is 1. The highest BCUT2D eigenvalue weighted by Crippen LogP contribution is 2.44. The molecule has 1 atom stereocenters. The van der Waals surface area contributed by atoms with E-state index in [1.54, 1.807) is 0 Å². The number of carbonyl (C=O) groups excluding carboxylic acids is 1. The second-order valence-electron chi connectivity index (χ2n) is 7.98. The Morgan fingerprint density at radius 3 is 2.92 bits per heavy atom. The Kier molecular flexibility index (Phi) is 4.69. The Balaban J connectivity index is 1.42. The number of rotatable bonds is 5. The van der Waals surface area contributed by atoms with Gasteiger partial charge in [-0.25, -0.2) is 0 Å². The van der Waals surface area contributed by atoms with E-state index in [0.29, 0.717) is 19.7 Å². The molecule has 5 nitrogen and oxygen atoms in total. The second kappa shape index (κ2) is 6.96. The molecule has 3 aliphatic rings. The van der Waals surface area contributed by atoms with Gasteiger partial charge in [0.2, 0.25) is 5.91 Å². The number of benzene rings is 1. The minimum atomic E-state index is 0.00259. The molecular weight excluding hydrogens is 316 g/mol. The summed E-state index contributed by atoms with van der Waals surface area (Å²) in [6.07, 6.45) is 5.90. The van der Waals surface area contributed by atoms with Crippen molar-refractivity contribution < 1.29 is 14.6 Å². The van der Waals surface area contributed by atoms with E-state index in [4.69, 9.17) is 4.74 Å². The monoisotopic (exact) mass is 344 g/mol. The largest absolute Gasteiger partial charge is 0.490 e. The molecule has 25 heavy (non-hydrogen) atoms. The average Bonchev–Trinajstić information content (AvgIpc) is 3.45. The van der Waals surface area contributed by atoms with Crippen molar-refractivity contribution in [2.45, 2.75) is 32.1 Å². The lowest BCUT2D eigenvalue weighted by atomic mass is 9.76. The third-order valence-corrected chi connectivity index (χ3v) is 5.88. The number of nitrogens with zero attached hydrogens (tertiary/aromatic N) is 2. The van der Waals surface area contributed by atoms with E-state index < -0.39 is 0 Å².